The fraction of sp³-hybridized carbons (Fsp3) is 0.875. The Morgan fingerprint density at radius 2 is 1.91 bits per heavy atom. The molecule has 3 heteroatoms. The van der Waals surface area contributed by atoms with Gasteiger partial charge in [0.2, 0.25) is 6.04 Å². The maximum absolute atomic E-state index is 4.13. The fourth-order valence-electron chi connectivity index (χ4n) is 0.916. The van der Waals surface area contributed by atoms with Gasteiger partial charge in [-0.3, -0.25) is 0 Å². The van der Waals surface area contributed by atoms with E-state index in [4.69, 9.17) is 0 Å². The van der Waals surface area contributed by atoms with Crippen LogP contribution in [0.25, 0.3) is 0 Å². The highest BCUT2D eigenvalue weighted by molar-refractivity contribution is 5.60. The SMILES string of the molecule is CC(C)C1C=[N+](C(C)C)N=N1. The Labute approximate surface area is 67.8 Å². The molecule has 0 saturated carbocycles. The van der Waals surface area contributed by atoms with Crippen LogP contribution in [0.15, 0.2) is 10.3 Å². The Morgan fingerprint density at radius 1 is 1.27 bits per heavy atom. The molecule has 1 rings (SSSR count). The first-order valence-corrected chi connectivity index (χ1v) is 4.15. The Morgan fingerprint density at radius 3 is 2.18 bits per heavy atom. The third-order valence-electron chi connectivity index (χ3n) is 1.81. The predicted octanol–water partition coefficient (Wildman–Crippen LogP) is 1.88. The molecule has 1 atom stereocenters. The van der Waals surface area contributed by atoms with Gasteiger partial charge in [0, 0.05) is 11.0 Å². The third kappa shape index (κ3) is 1.85. The van der Waals surface area contributed by atoms with Crippen molar-refractivity contribution in [3.63, 3.8) is 0 Å². The van der Waals surface area contributed by atoms with E-state index >= 15 is 0 Å². The first-order valence-electron chi connectivity index (χ1n) is 4.15. The van der Waals surface area contributed by atoms with E-state index in [1.807, 2.05) is 4.68 Å². The minimum absolute atomic E-state index is 0.289. The number of hydrogen-bond acceptors (Lipinski definition) is 2. The van der Waals surface area contributed by atoms with Crippen molar-refractivity contribution in [2.24, 2.45) is 16.3 Å². The summed E-state index contributed by atoms with van der Waals surface area (Å²) in [5, 5.41) is 8.17. The number of nitrogens with zero attached hydrogens (tertiary/aromatic N) is 3. The summed E-state index contributed by atoms with van der Waals surface area (Å²) < 4.78 is 1.92. The first-order chi connectivity index (χ1) is 5.11. The molecule has 0 fully saturated rings. The Kier molecular flexibility index (Phi) is 2.37. The summed E-state index contributed by atoms with van der Waals surface area (Å²) in [7, 11) is 0. The van der Waals surface area contributed by atoms with Gasteiger partial charge in [-0.15, -0.1) is 4.68 Å². The van der Waals surface area contributed by atoms with E-state index in [1.54, 1.807) is 0 Å². The van der Waals surface area contributed by atoms with Crippen molar-refractivity contribution in [2.75, 3.05) is 0 Å². The molecule has 1 unspecified atom stereocenters. The van der Waals surface area contributed by atoms with Crippen molar-refractivity contribution in [1.82, 2.24) is 0 Å². The first kappa shape index (κ1) is 8.37. The predicted molar refractivity (Wildman–Crippen MR) is 44.9 cm³/mol. The van der Waals surface area contributed by atoms with E-state index in [1.165, 1.54) is 0 Å². The lowest BCUT2D eigenvalue weighted by atomic mass is 10.1. The van der Waals surface area contributed by atoms with E-state index in [0.29, 0.717) is 12.0 Å². The van der Waals surface area contributed by atoms with Crippen LogP contribution in [0.4, 0.5) is 0 Å². The van der Waals surface area contributed by atoms with Crippen LogP contribution in [0, 0.1) is 5.92 Å². The summed E-state index contributed by atoms with van der Waals surface area (Å²) in [6, 6.07) is 0.722. The van der Waals surface area contributed by atoms with Crippen LogP contribution in [-0.2, 0) is 0 Å². The van der Waals surface area contributed by atoms with Crippen LogP contribution in [0.1, 0.15) is 27.7 Å². The lowest BCUT2D eigenvalue weighted by Crippen LogP contribution is -2.18. The fourth-order valence-corrected chi connectivity index (χ4v) is 0.916. The summed E-state index contributed by atoms with van der Waals surface area (Å²) in [5.41, 5.74) is 0. The summed E-state index contributed by atoms with van der Waals surface area (Å²) in [6.07, 6.45) is 2.09. The largest absolute Gasteiger partial charge is 0.224 e. The Bertz CT molecular complexity index is 192. The molecule has 0 aliphatic carbocycles. The van der Waals surface area contributed by atoms with Gasteiger partial charge in [0.1, 0.15) is 17.5 Å². The van der Waals surface area contributed by atoms with Gasteiger partial charge in [0.15, 0.2) is 0 Å². The number of rotatable bonds is 2. The molecule has 0 spiro atoms. The van der Waals surface area contributed by atoms with Crippen LogP contribution in [0.3, 0.4) is 0 Å². The van der Waals surface area contributed by atoms with Crippen molar-refractivity contribution in [3.8, 4) is 0 Å². The summed E-state index contributed by atoms with van der Waals surface area (Å²) in [5.74, 6) is 0.558. The summed E-state index contributed by atoms with van der Waals surface area (Å²) >= 11 is 0. The van der Waals surface area contributed by atoms with Crippen molar-refractivity contribution in [1.29, 1.82) is 0 Å². The van der Waals surface area contributed by atoms with E-state index in [-0.39, 0.29) is 6.04 Å². The minimum Gasteiger partial charge on any atom is -0.135 e. The Hall–Kier alpha value is -0.730. The molecule has 62 valence electrons. The second kappa shape index (κ2) is 3.11. The third-order valence-corrected chi connectivity index (χ3v) is 1.81. The zero-order valence-corrected chi connectivity index (χ0v) is 7.65. The van der Waals surface area contributed by atoms with Gasteiger partial charge in [-0.2, -0.15) is 0 Å². The normalized spacial score (nSPS) is 23.5. The maximum Gasteiger partial charge on any atom is 0.224 e. The van der Waals surface area contributed by atoms with Gasteiger partial charge in [-0.25, -0.2) is 0 Å². The Balaban J connectivity index is 2.63. The maximum atomic E-state index is 4.13. The standard InChI is InChI=1S/C8H16N3/c1-6(2)8-5-11(7(3)4)10-9-8/h5-8H,1-4H3/q+1. The van der Waals surface area contributed by atoms with Crippen molar-refractivity contribution >= 4 is 6.21 Å². The molecule has 1 heterocycles. The van der Waals surface area contributed by atoms with E-state index in [2.05, 4.69) is 44.2 Å². The molecule has 0 radical (unpaired) electrons. The molecule has 3 nitrogen and oxygen atoms in total. The molecule has 0 aromatic carbocycles. The van der Waals surface area contributed by atoms with Crippen LogP contribution in [0.5, 0.6) is 0 Å². The highest BCUT2D eigenvalue weighted by Crippen LogP contribution is 2.10. The van der Waals surface area contributed by atoms with Crippen LogP contribution in [0.2, 0.25) is 0 Å². The molecule has 11 heavy (non-hydrogen) atoms. The quantitative estimate of drug-likeness (QED) is 0.543. The second-order valence-corrected chi connectivity index (χ2v) is 3.56. The van der Waals surface area contributed by atoms with Gasteiger partial charge < -0.3 is 0 Å². The number of hydrogen-bond donors (Lipinski definition) is 0. The average Bonchev–Trinajstić information content (AvgIpc) is 2.33. The van der Waals surface area contributed by atoms with E-state index in [0.717, 1.165) is 0 Å². The smallest absolute Gasteiger partial charge is 0.135 e. The molecule has 0 bridgehead atoms. The highest BCUT2D eigenvalue weighted by Gasteiger charge is 2.25. The van der Waals surface area contributed by atoms with Gasteiger partial charge >= 0.3 is 0 Å². The van der Waals surface area contributed by atoms with Crippen molar-refractivity contribution in [3.05, 3.63) is 0 Å². The molecule has 0 aromatic rings. The molecular formula is C8H16N3+. The molecule has 1 aliphatic heterocycles. The molecule has 1 aliphatic rings. The lowest BCUT2D eigenvalue weighted by Gasteiger charge is -1.98. The van der Waals surface area contributed by atoms with Gasteiger partial charge in [0.25, 0.3) is 0 Å². The van der Waals surface area contributed by atoms with Crippen molar-refractivity contribution < 1.29 is 4.68 Å². The van der Waals surface area contributed by atoms with Crippen LogP contribution < -0.4 is 0 Å². The second-order valence-electron chi connectivity index (χ2n) is 3.56. The van der Waals surface area contributed by atoms with Gasteiger partial charge in [-0.1, -0.05) is 13.8 Å². The molecule has 0 N–H and O–H groups in total. The topological polar surface area (TPSA) is 27.7 Å². The van der Waals surface area contributed by atoms with Crippen molar-refractivity contribution in [2.45, 2.75) is 39.8 Å². The van der Waals surface area contributed by atoms with E-state index < -0.39 is 0 Å². The van der Waals surface area contributed by atoms with Crippen LogP contribution >= 0.6 is 0 Å². The summed E-state index contributed by atoms with van der Waals surface area (Å²) in [6.45, 7) is 8.53. The van der Waals surface area contributed by atoms with Crippen LogP contribution in [-0.4, -0.2) is 23.0 Å². The zero-order valence-electron chi connectivity index (χ0n) is 7.65. The highest BCUT2D eigenvalue weighted by atomic mass is 15.5. The van der Waals surface area contributed by atoms with E-state index in [9.17, 15) is 0 Å². The van der Waals surface area contributed by atoms with Gasteiger partial charge in [-0.05, 0) is 13.8 Å². The molecule has 0 amide bonds. The molecular weight excluding hydrogens is 138 g/mol. The van der Waals surface area contributed by atoms with Gasteiger partial charge in [0.05, 0.1) is 0 Å². The minimum atomic E-state index is 0.289. The average molecular weight is 154 g/mol. The lowest BCUT2D eigenvalue weighted by molar-refractivity contribution is -0.562. The molecule has 0 aromatic heterocycles. The monoisotopic (exact) mass is 154 g/mol. The summed E-state index contributed by atoms with van der Waals surface area (Å²) in [4.78, 5) is 0. The zero-order chi connectivity index (χ0) is 8.43. The molecule has 0 saturated heterocycles.